The Morgan fingerprint density at radius 2 is 2.13 bits per heavy atom. The van der Waals surface area contributed by atoms with E-state index >= 15 is 0 Å². The van der Waals surface area contributed by atoms with Gasteiger partial charge in [-0.25, -0.2) is 0 Å². The van der Waals surface area contributed by atoms with Gasteiger partial charge in [-0.15, -0.1) is 24.0 Å². The van der Waals surface area contributed by atoms with E-state index in [-0.39, 0.29) is 24.0 Å². The molecule has 1 aromatic rings. The monoisotopic (exact) mass is 429 g/mol. The highest BCUT2D eigenvalue weighted by molar-refractivity contribution is 14.0. The number of nitrogens with one attached hydrogen (secondary N) is 1. The summed E-state index contributed by atoms with van der Waals surface area (Å²) in [5.74, 6) is 2.50. The van der Waals surface area contributed by atoms with Crippen molar-refractivity contribution in [2.45, 2.75) is 25.7 Å². The molecule has 2 rings (SSSR count). The number of allylic oxidation sites excluding steroid dienone is 1. The fourth-order valence-corrected chi connectivity index (χ4v) is 2.87. The molecule has 5 heteroatoms. The van der Waals surface area contributed by atoms with E-state index in [0.29, 0.717) is 5.92 Å². The smallest absolute Gasteiger partial charge is 0.193 e. The predicted molar refractivity (Wildman–Crippen MR) is 108 cm³/mol. The second-order valence-electron chi connectivity index (χ2n) is 5.54. The highest BCUT2D eigenvalue weighted by Gasteiger charge is 2.25. The third-order valence-corrected chi connectivity index (χ3v) is 4.12. The van der Waals surface area contributed by atoms with Crippen LogP contribution in [0.5, 0.6) is 5.75 Å². The number of likely N-dealkylation sites (tertiary alicyclic amines) is 1. The van der Waals surface area contributed by atoms with Crippen LogP contribution in [0.1, 0.15) is 31.2 Å². The van der Waals surface area contributed by atoms with E-state index in [9.17, 15) is 0 Å². The summed E-state index contributed by atoms with van der Waals surface area (Å²) in [6.45, 7) is 5.06. The summed E-state index contributed by atoms with van der Waals surface area (Å²) in [5, 5.41) is 3.44. The summed E-state index contributed by atoms with van der Waals surface area (Å²) in [7, 11) is 3.56. The molecular weight excluding hydrogens is 401 g/mol. The zero-order valence-electron chi connectivity index (χ0n) is 14.3. The summed E-state index contributed by atoms with van der Waals surface area (Å²) >= 11 is 0. The Morgan fingerprint density at radius 1 is 1.39 bits per heavy atom. The molecule has 4 nitrogen and oxygen atoms in total. The van der Waals surface area contributed by atoms with Gasteiger partial charge in [-0.3, -0.25) is 4.99 Å². The Labute approximate surface area is 157 Å². The summed E-state index contributed by atoms with van der Waals surface area (Å²) in [6.07, 6.45) is 6.46. The van der Waals surface area contributed by atoms with Gasteiger partial charge in [-0.1, -0.05) is 24.3 Å². The van der Waals surface area contributed by atoms with E-state index in [1.54, 1.807) is 7.11 Å². The van der Waals surface area contributed by atoms with Gasteiger partial charge < -0.3 is 15.0 Å². The largest absolute Gasteiger partial charge is 0.497 e. The molecule has 1 aliphatic rings. The normalized spacial score (nSPS) is 18.1. The number of hydrogen-bond donors (Lipinski definition) is 1. The molecule has 1 atom stereocenters. The highest BCUT2D eigenvalue weighted by atomic mass is 127. The van der Waals surface area contributed by atoms with Crippen LogP contribution in [0.4, 0.5) is 0 Å². The second-order valence-corrected chi connectivity index (χ2v) is 5.54. The van der Waals surface area contributed by atoms with Gasteiger partial charge in [0.15, 0.2) is 5.96 Å². The van der Waals surface area contributed by atoms with Gasteiger partial charge in [0.2, 0.25) is 0 Å². The minimum absolute atomic E-state index is 0. The maximum atomic E-state index is 5.23. The van der Waals surface area contributed by atoms with Crippen molar-refractivity contribution in [1.82, 2.24) is 10.2 Å². The Hall–Kier alpha value is -1.24. The maximum Gasteiger partial charge on any atom is 0.193 e. The van der Waals surface area contributed by atoms with Crippen LogP contribution in [0.25, 0.3) is 0 Å². The molecule has 0 radical (unpaired) electrons. The first-order valence-corrected chi connectivity index (χ1v) is 7.99. The van der Waals surface area contributed by atoms with Crippen molar-refractivity contribution >= 4 is 29.9 Å². The number of methoxy groups -OCH3 is 1. The van der Waals surface area contributed by atoms with Crippen molar-refractivity contribution in [3.05, 3.63) is 42.0 Å². The Morgan fingerprint density at radius 3 is 2.74 bits per heavy atom. The number of ether oxygens (including phenoxy) is 1. The quantitative estimate of drug-likeness (QED) is 0.255. The Bertz CT molecular complexity index is 514. The molecule has 1 unspecified atom stereocenters. The van der Waals surface area contributed by atoms with E-state index in [4.69, 9.17) is 4.74 Å². The number of aliphatic imine (C=N–C) groups is 1. The van der Waals surface area contributed by atoms with Crippen LogP contribution >= 0.6 is 24.0 Å². The number of nitrogens with zero attached hydrogens (tertiary/aromatic N) is 2. The Kier molecular flexibility index (Phi) is 9.06. The van der Waals surface area contributed by atoms with Crippen molar-refractivity contribution in [2.75, 3.05) is 33.8 Å². The summed E-state index contributed by atoms with van der Waals surface area (Å²) < 4.78 is 5.23. The maximum absolute atomic E-state index is 5.23. The lowest BCUT2D eigenvalue weighted by Crippen LogP contribution is -2.40. The zero-order valence-corrected chi connectivity index (χ0v) is 16.6. The molecule has 1 saturated heterocycles. The van der Waals surface area contributed by atoms with Crippen LogP contribution < -0.4 is 10.1 Å². The number of halogens is 1. The molecule has 128 valence electrons. The van der Waals surface area contributed by atoms with Crippen molar-refractivity contribution in [3.8, 4) is 5.75 Å². The van der Waals surface area contributed by atoms with Crippen molar-refractivity contribution in [1.29, 1.82) is 0 Å². The van der Waals surface area contributed by atoms with Crippen LogP contribution in [0.15, 0.2) is 41.4 Å². The van der Waals surface area contributed by atoms with Crippen molar-refractivity contribution < 1.29 is 4.74 Å². The minimum atomic E-state index is 0. The lowest BCUT2D eigenvalue weighted by molar-refractivity contribution is 0.414. The van der Waals surface area contributed by atoms with Gasteiger partial charge in [0.25, 0.3) is 0 Å². The first-order valence-electron chi connectivity index (χ1n) is 7.99. The van der Waals surface area contributed by atoms with Crippen LogP contribution in [-0.2, 0) is 0 Å². The molecule has 0 aromatic heterocycles. The lowest BCUT2D eigenvalue weighted by Gasteiger charge is -2.21. The van der Waals surface area contributed by atoms with Crippen LogP contribution in [0.3, 0.4) is 0 Å². The van der Waals surface area contributed by atoms with E-state index in [2.05, 4.69) is 46.4 Å². The van der Waals surface area contributed by atoms with Gasteiger partial charge in [-0.2, -0.15) is 0 Å². The van der Waals surface area contributed by atoms with E-state index in [1.807, 2.05) is 19.2 Å². The highest BCUT2D eigenvalue weighted by Crippen LogP contribution is 2.28. The van der Waals surface area contributed by atoms with E-state index < -0.39 is 0 Å². The minimum Gasteiger partial charge on any atom is -0.497 e. The fourth-order valence-electron chi connectivity index (χ4n) is 2.87. The first-order chi connectivity index (χ1) is 10.8. The van der Waals surface area contributed by atoms with Crippen molar-refractivity contribution in [2.24, 2.45) is 4.99 Å². The van der Waals surface area contributed by atoms with Crippen LogP contribution in [0, 0.1) is 0 Å². The number of hydrogen-bond acceptors (Lipinski definition) is 2. The molecule has 1 N–H and O–H groups in total. The standard InChI is InChI=1S/C18H27N3O.HI/c1-4-5-6-12-20-18(19-2)21-13-11-16(14-21)15-7-9-17(22-3)10-8-15;/h4-5,7-10,16H,6,11-14H2,1-3H3,(H,19,20);1H/b5-4+;. The molecule has 0 bridgehead atoms. The number of rotatable bonds is 5. The summed E-state index contributed by atoms with van der Waals surface area (Å²) in [6, 6.07) is 8.44. The average Bonchev–Trinajstić information content (AvgIpc) is 3.05. The van der Waals surface area contributed by atoms with Gasteiger partial charge in [0, 0.05) is 32.6 Å². The molecule has 0 saturated carbocycles. The number of guanidine groups is 1. The summed E-state index contributed by atoms with van der Waals surface area (Å²) in [5.41, 5.74) is 1.38. The Balaban J connectivity index is 0.00000264. The van der Waals surface area contributed by atoms with Gasteiger partial charge >= 0.3 is 0 Å². The molecule has 1 fully saturated rings. The van der Waals surface area contributed by atoms with Crippen LogP contribution in [-0.4, -0.2) is 44.7 Å². The van der Waals surface area contributed by atoms with Gasteiger partial charge in [0.1, 0.15) is 5.75 Å². The third-order valence-electron chi connectivity index (χ3n) is 4.12. The first kappa shape index (κ1) is 19.8. The van der Waals surface area contributed by atoms with Crippen molar-refractivity contribution in [3.63, 3.8) is 0 Å². The lowest BCUT2D eigenvalue weighted by atomic mass is 9.98. The molecule has 1 heterocycles. The molecule has 0 aliphatic carbocycles. The van der Waals surface area contributed by atoms with E-state index in [1.165, 1.54) is 12.0 Å². The van der Waals surface area contributed by atoms with Gasteiger partial charge in [0.05, 0.1) is 7.11 Å². The van der Waals surface area contributed by atoms with Crippen LogP contribution in [0.2, 0.25) is 0 Å². The topological polar surface area (TPSA) is 36.9 Å². The average molecular weight is 429 g/mol. The number of benzene rings is 1. The second kappa shape index (κ2) is 10.5. The summed E-state index contributed by atoms with van der Waals surface area (Å²) in [4.78, 5) is 6.76. The molecule has 0 amide bonds. The van der Waals surface area contributed by atoms with E-state index in [0.717, 1.165) is 37.8 Å². The molecule has 23 heavy (non-hydrogen) atoms. The predicted octanol–water partition coefficient (Wildman–Crippen LogP) is 3.64. The fraction of sp³-hybridized carbons (Fsp3) is 0.500. The molecule has 1 aromatic carbocycles. The SMILES string of the molecule is C/C=C/CCNC(=NC)N1CCC(c2ccc(OC)cc2)C1.I. The van der Waals surface area contributed by atoms with Gasteiger partial charge in [-0.05, 0) is 37.5 Å². The molecule has 1 aliphatic heterocycles. The molecule has 0 spiro atoms. The third kappa shape index (κ3) is 5.71. The zero-order chi connectivity index (χ0) is 15.8. The molecular formula is C18H28IN3O.